The number of carbonyl (C=O) groups excluding carboxylic acids is 1. The Labute approximate surface area is 193 Å². The summed E-state index contributed by atoms with van der Waals surface area (Å²) in [7, 11) is 0. The number of fused-ring (bicyclic) bond motifs is 1. The highest BCUT2D eigenvalue weighted by molar-refractivity contribution is 6.07. The van der Waals surface area contributed by atoms with Crippen LogP contribution in [0.2, 0.25) is 0 Å². The number of aryl methyl sites for hydroxylation is 1. The van der Waals surface area contributed by atoms with Crippen molar-refractivity contribution in [3.8, 4) is 11.3 Å². The summed E-state index contributed by atoms with van der Waals surface area (Å²) in [6, 6.07) is 24.7. The topological polar surface area (TPSA) is 33.2 Å². The van der Waals surface area contributed by atoms with Gasteiger partial charge in [-0.3, -0.25) is 4.79 Å². The maximum atomic E-state index is 13.7. The number of benzene rings is 3. The van der Waals surface area contributed by atoms with Crippen LogP contribution in [0.25, 0.3) is 22.2 Å². The Bertz CT molecular complexity index is 1280. The highest BCUT2D eigenvalue weighted by atomic mass is 19.1. The number of likely N-dealkylation sites (tertiary alicyclic amines) is 1. The van der Waals surface area contributed by atoms with Crippen molar-refractivity contribution in [1.29, 1.82) is 0 Å². The van der Waals surface area contributed by atoms with E-state index in [0.29, 0.717) is 17.2 Å². The predicted octanol–water partition coefficient (Wildman–Crippen LogP) is 6.44. The highest BCUT2D eigenvalue weighted by Crippen LogP contribution is 2.29. The number of pyridine rings is 1. The Balaban J connectivity index is 1.41. The molecule has 0 bridgehead atoms. The van der Waals surface area contributed by atoms with Gasteiger partial charge in [0.25, 0.3) is 5.91 Å². The van der Waals surface area contributed by atoms with E-state index in [1.165, 1.54) is 17.7 Å². The van der Waals surface area contributed by atoms with Crippen molar-refractivity contribution in [3.05, 3.63) is 101 Å². The van der Waals surface area contributed by atoms with Crippen LogP contribution in [0.5, 0.6) is 0 Å². The second-order valence-corrected chi connectivity index (χ2v) is 9.01. The molecule has 0 saturated carbocycles. The first-order valence-electron chi connectivity index (χ1n) is 11.6. The first-order valence-corrected chi connectivity index (χ1v) is 11.6. The maximum Gasteiger partial charge on any atom is 0.254 e. The smallest absolute Gasteiger partial charge is 0.254 e. The van der Waals surface area contributed by atoms with Gasteiger partial charge in [-0.15, -0.1) is 0 Å². The van der Waals surface area contributed by atoms with Crippen LogP contribution in [0.1, 0.15) is 34.3 Å². The number of rotatable bonds is 4. The molecule has 0 atom stereocenters. The van der Waals surface area contributed by atoms with E-state index in [4.69, 9.17) is 4.98 Å². The van der Waals surface area contributed by atoms with Gasteiger partial charge in [0.1, 0.15) is 5.82 Å². The molecule has 0 unspecified atom stereocenters. The number of piperidine rings is 1. The molecular weight excluding hydrogens is 411 g/mol. The van der Waals surface area contributed by atoms with Crippen LogP contribution >= 0.6 is 0 Å². The first kappa shape index (κ1) is 21.3. The van der Waals surface area contributed by atoms with Crippen molar-refractivity contribution < 1.29 is 9.18 Å². The van der Waals surface area contributed by atoms with Crippen LogP contribution in [0.3, 0.4) is 0 Å². The largest absolute Gasteiger partial charge is 0.339 e. The van der Waals surface area contributed by atoms with Crippen molar-refractivity contribution in [2.24, 2.45) is 5.92 Å². The number of carbonyl (C=O) groups is 1. The van der Waals surface area contributed by atoms with Gasteiger partial charge in [0.05, 0.1) is 16.8 Å². The fourth-order valence-electron chi connectivity index (χ4n) is 4.74. The molecule has 0 spiro atoms. The molecule has 166 valence electrons. The van der Waals surface area contributed by atoms with E-state index in [-0.39, 0.29) is 11.7 Å². The number of aromatic nitrogens is 1. The van der Waals surface area contributed by atoms with Crippen molar-refractivity contribution >= 4 is 16.8 Å². The van der Waals surface area contributed by atoms with Gasteiger partial charge >= 0.3 is 0 Å². The molecule has 3 nitrogen and oxygen atoms in total. The van der Waals surface area contributed by atoms with Gasteiger partial charge in [-0.25, -0.2) is 9.37 Å². The molecule has 0 aliphatic carbocycles. The maximum absolute atomic E-state index is 13.7. The van der Waals surface area contributed by atoms with E-state index >= 15 is 0 Å². The molecule has 5 rings (SSSR count). The lowest BCUT2D eigenvalue weighted by atomic mass is 9.90. The Morgan fingerprint density at radius 2 is 1.70 bits per heavy atom. The number of hydrogen-bond donors (Lipinski definition) is 0. The lowest BCUT2D eigenvalue weighted by Crippen LogP contribution is -2.39. The summed E-state index contributed by atoms with van der Waals surface area (Å²) in [6.45, 7) is 3.55. The van der Waals surface area contributed by atoms with Crippen LogP contribution in [0, 0.1) is 18.7 Å². The zero-order chi connectivity index (χ0) is 22.8. The van der Waals surface area contributed by atoms with E-state index in [2.05, 4.69) is 24.3 Å². The van der Waals surface area contributed by atoms with E-state index in [9.17, 15) is 9.18 Å². The van der Waals surface area contributed by atoms with Gasteiger partial charge in [-0.2, -0.15) is 0 Å². The zero-order valence-corrected chi connectivity index (χ0v) is 18.8. The quantitative estimate of drug-likeness (QED) is 0.367. The molecule has 1 saturated heterocycles. The van der Waals surface area contributed by atoms with Crippen LogP contribution < -0.4 is 0 Å². The lowest BCUT2D eigenvalue weighted by Gasteiger charge is -2.32. The molecule has 0 N–H and O–H groups in total. The zero-order valence-electron chi connectivity index (χ0n) is 18.8. The molecular formula is C29H27FN2O. The number of amides is 1. The minimum Gasteiger partial charge on any atom is -0.339 e. The first-order chi connectivity index (χ1) is 16.1. The van der Waals surface area contributed by atoms with E-state index in [1.54, 1.807) is 12.1 Å². The Morgan fingerprint density at radius 3 is 2.42 bits per heavy atom. The van der Waals surface area contributed by atoms with Gasteiger partial charge in [0, 0.05) is 24.0 Å². The van der Waals surface area contributed by atoms with Gasteiger partial charge in [-0.1, -0.05) is 42.0 Å². The third kappa shape index (κ3) is 4.65. The van der Waals surface area contributed by atoms with Gasteiger partial charge in [0.2, 0.25) is 0 Å². The normalized spacial score (nSPS) is 14.5. The monoisotopic (exact) mass is 438 g/mol. The van der Waals surface area contributed by atoms with Gasteiger partial charge in [-0.05, 0) is 80.1 Å². The Hall–Kier alpha value is -3.53. The summed E-state index contributed by atoms with van der Waals surface area (Å²) < 4.78 is 13.4. The number of nitrogens with zero attached hydrogens (tertiary/aromatic N) is 2. The van der Waals surface area contributed by atoms with E-state index in [0.717, 1.165) is 54.4 Å². The molecule has 4 heteroatoms. The van der Waals surface area contributed by atoms with Crippen LogP contribution in [-0.2, 0) is 6.42 Å². The van der Waals surface area contributed by atoms with Crippen LogP contribution in [-0.4, -0.2) is 28.9 Å². The highest BCUT2D eigenvalue weighted by Gasteiger charge is 2.25. The summed E-state index contributed by atoms with van der Waals surface area (Å²) in [4.78, 5) is 20.4. The average molecular weight is 439 g/mol. The predicted molar refractivity (Wildman–Crippen MR) is 131 cm³/mol. The molecule has 1 aliphatic heterocycles. The average Bonchev–Trinajstić information content (AvgIpc) is 2.84. The number of halogens is 1. The van der Waals surface area contributed by atoms with Crippen molar-refractivity contribution in [2.45, 2.75) is 26.2 Å². The summed E-state index contributed by atoms with van der Waals surface area (Å²) in [6.07, 6.45) is 3.08. The fraction of sp³-hybridized carbons (Fsp3) is 0.241. The minimum atomic E-state index is -0.287. The third-order valence-electron chi connectivity index (χ3n) is 6.60. The molecule has 1 amide bonds. The summed E-state index contributed by atoms with van der Waals surface area (Å²) in [5.74, 6) is 0.363. The van der Waals surface area contributed by atoms with Crippen molar-refractivity contribution in [1.82, 2.24) is 9.88 Å². The number of hydrogen-bond acceptors (Lipinski definition) is 2. The third-order valence-corrected chi connectivity index (χ3v) is 6.60. The summed E-state index contributed by atoms with van der Waals surface area (Å²) in [5, 5.41) is 0.872. The molecule has 3 aromatic carbocycles. The summed E-state index contributed by atoms with van der Waals surface area (Å²) >= 11 is 0. The molecule has 1 aliphatic rings. The van der Waals surface area contributed by atoms with E-state index in [1.807, 2.05) is 42.2 Å². The molecule has 0 radical (unpaired) electrons. The van der Waals surface area contributed by atoms with Gasteiger partial charge in [0.15, 0.2) is 0 Å². The second kappa shape index (κ2) is 9.14. The van der Waals surface area contributed by atoms with Crippen LogP contribution in [0.15, 0.2) is 78.9 Å². The summed E-state index contributed by atoms with van der Waals surface area (Å²) in [5.41, 5.74) is 5.40. The lowest BCUT2D eigenvalue weighted by molar-refractivity contribution is 0.0692. The van der Waals surface area contributed by atoms with Gasteiger partial charge < -0.3 is 4.90 Å². The molecule has 1 aromatic heterocycles. The molecule has 2 heterocycles. The SMILES string of the molecule is Cc1ccc2nc(-c3ccc(F)cc3)cc(C(=O)N3CCC(Cc4ccccc4)CC3)c2c1. The molecule has 1 fully saturated rings. The Kier molecular flexibility index (Phi) is 5.91. The molecule has 33 heavy (non-hydrogen) atoms. The fourth-order valence-corrected chi connectivity index (χ4v) is 4.74. The van der Waals surface area contributed by atoms with Crippen LogP contribution in [0.4, 0.5) is 4.39 Å². The van der Waals surface area contributed by atoms with Crippen molar-refractivity contribution in [2.75, 3.05) is 13.1 Å². The Morgan fingerprint density at radius 1 is 0.970 bits per heavy atom. The standard InChI is InChI=1S/C29H27FN2O/c1-20-7-12-27-25(17-20)26(19-28(31-27)23-8-10-24(30)11-9-23)29(33)32-15-13-22(14-16-32)18-21-5-3-2-4-6-21/h2-12,17,19,22H,13-16,18H2,1H3. The molecule has 4 aromatic rings. The van der Waals surface area contributed by atoms with Crippen molar-refractivity contribution in [3.63, 3.8) is 0 Å². The van der Waals surface area contributed by atoms with E-state index < -0.39 is 0 Å². The second-order valence-electron chi connectivity index (χ2n) is 9.01. The minimum absolute atomic E-state index is 0.0505.